The van der Waals surface area contributed by atoms with Crippen LogP contribution in [-0.2, 0) is 0 Å². The Labute approximate surface area is 211 Å². The van der Waals surface area contributed by atoms with Gasteiger partial charge in [-0.25, -0.2) is 0 Å². The topological polar surface area (TPSA) is 69.6 Å². The van der Waals surface area contributed by atoms with Gasteiger partial charge in [-0.3, -0.25) is 4.79 Å². The Bertz CT molecular complexity index is 1540. The molecule has 0 fully saturated rings. The highest BCUT2D eigenvalue weighted by atomic mass is 35.5. The van der Waals surface area contributed by atoms with E-state index in [1.54, 1.807) is 6.08 Å². The van der Waals surface area contributed by atoms with Crippen molar-refractivity contribution < 1.29 is 9.15 Å². The van der Waals surface area contributed by atoms with E-state index in [1.165, 1.54) is 35.1 Å². The van der Waals surface area contributed by atoms with E-state index in [2.05, 4.69) is 17.0 Å². The second-order valence-electron chi connectivity index (χ2n) is 8.19. The Morgan fingerprint density at radius 3 is 2.51 bits per heavy atom. The van der Waals surface area contributed by atoms with Gasteiger partial charge in [-0.05, 0) is 67.1 Å². The third kappa shape index (κ3) is 5.31. The Morgan fingerprint density at radius 1 is 1.00 bits per heavy atom. The average Bonchev–Trinajstić information content (AvgIpc) is 3.57. The monoisotopic (exact) mass is 505 g/mol. The molecular weight excluding hydrogens is 482 g/mol. The summed E-state index contributed by atoms with van der Waals surface area (Å²) in [6, 6.07) is 18.8. The van der Waals surface area contributed by atoms with Crippen molar-refractivity contribution in [2.75, 3.05) is 6.61 Å². The van der Waals surface area contributed by atoms with E-state index in [-0.39, 0.29) is 5.56 Å². The average molecular weight is 506 g/mol. The largest absolute Gasteiger partial charge is 0.494 e. The third-order valence-electron chi connectivity index (χ3n) is 5.59. The van der Waals surface area contributed by atoms with Gasteiger partial charge in [0.1, 0.15) is 21.8 Å². The molecule has 0 aliphatic carbocycles. The standard InChI is InChI=1S/C27H24ClN3O3S/c1-2-3-4-5-16-33-21-12-8-19(9-13-21)25-29-27-31(30-25)26(32)24(35-27)17-22-14-15-23(34-22)18-6-10-20(28)11-7-18/h6-15,17H,2-5,16H2,1H3. The number of aromatic nitrogens is 3. The molecule has 6 nitrogen and oxygen atoms in total. The number of halogens is 1. The molecule has 5 aromatic rings. The number of nitrogens with zero attached hydrogens (tertiary/aromatic N) is 3. The molecule has 178 valence electrons. The van der Waals surface area contributed by atoms with E-state index in [9.17, 15) is 4.79 Å². The normalized spacial score (nSPS) is 12.0. The van der Waals surface area contributed by atoms with E-state index in [4.69, 9.17) is 20.8 Å². The second-order valence-corrected chi connectivity index (χ2v) is 9.63. The summed E-state index contributed by atoms with van der Waals surface area (Å²) in [6.45, 7) is 2.91. The number of hydrogen-bond acceptors (Lipinski definition) is 6. The van der Waals surface area contributed by atoms with Gasteiger partial charge >= 0.3 is 0 Å². The highest BCUT2D eigenvalue weighted by Gasteiger charge is 2.13. The lowest BCUT2D eigenvalue weighted by atomic mass is 10.2. The number of hydrogen-bond donors (Lipinski definition) is 0. The fourth-order valence-corrected chi connectivity index (χ4v) is 4.72. The smallest absolute Gasteiger partial charge is 0.291 e. The first-order valence-electron chi connectivity index (χ1n) is 11.6. The first-order valence-corrected chi connectivity index (χ1v) is 12.8. The number of rotatable bonds is 9. The SMILES string of the molecule is CCCCCCOc1ccc(-c2nc3sc(=Cc4ccc(-c5ccc(Cl)cc5)o4)c(=O)n3n2)cc1. The first-order chi connectivity index (χ1) is 17.1. The van der Waals surface area contributed by atoms with Crippen LogP contribution >= 0.6 is 22.9 Å². The van der Waals surface area contributed by atoms with Crippen LogP contribution in [-0.4, -0.2) is 21.2 Å². The van der Waals surface area contributed by atoms with Crippen LogP contribution in [0.5, 0.6) is 5.75 Å². The lowest BCUT2D eigenvalue weighted by Crippen LogP contribution is -2.23. The van der Waals surface area contributed by atoms with Crippen molar-refractivity contribution in [1.82, 2.24) is 14.6 Å². The van der Waals surface area contributed by atoms with Crippen molar-refractivity contribution in [3.8, 4) is 28.5 Å². The molecule has 0 atom stereocenters. The molecule has 0 aliphatic heterocycles. The Balaban J connectivity index is 1.32. The maximum atomic E-state index is 12.9. The van der Waals surface area contributed by atoms with Crippen molar-refractivity contribution in [1.29, 1.82) is 0 Å². The molecule has 0 unspecified atom stereocenters. The summed E-state index contributed by atoms with van der Waals surface area (Å²) in [5.41, 5.74) is 1.53. The molecule has 2 aromatic carbocycles. The van der Waals surface area contributed by atoms with Gasteiger partial charge in [0.25, 0.3) is 5.56 Å². The Morgan fingerprint density at radius 2 is 1.77 bits per heavy atom. The van der Waals surface area contributed by atoms with Gasteiger partial charge in [-0.1, -0.05) is 49.1 Å². The van der Waals surface area contributed by atoms with E-state index in [0.29, 0.717) is 38.5 Å². The molecule has 35 heavy (non-hydrogen) atoms. The van der Waals surface area contributed by atoms with Crippen LogP contribution in [0.1, 0.15) is 38.4 Å². The Kier molecular flexibility index (Phi) is 6.97. The molecule has 0 amide bonds. The highest BCUT2D eigenvalue weighted by Crippen LogP contribution is 2.24. The number of thiazole rings is 1. The number of unbranched alkanes of at least 4 members (excludes halogenated alkanes) is 3. The summed E-state index contributed by atoms with van der Waals surface area (Å²) in [5.74, 6) is 2.62. The fraction of sp³-hybridized carbons (Fsp3) is 0.222. The van der Waals surface area contributed by atoms with Crippen molar-refractivity contribution in [3.05, 3.63) is 86.3 Å². The van der Waals surface area contributed by atoms with Crippen LogP contribution in [0.3, 0.4) is 0 Å². The lowest BCUT2D eigenvalue weighted by molar-refractivity contribution is 0.305. The van der Waals surface area contributed by atoms with Crippen molar-refractivity contribution in [2.24, 2.45) is 0 Å². The van der Waals surface area contributed by atoms with Gasteiger partial charge in [-0.2, -0.15) is 9.50 Å². The fourth-order valence-electron chi connectivity index (χ4n) is 3.70. The number of furan rings is 1. The molecule has 0 N–H and O–H groups in total. The van der Waals surface area contributed by atoms with Crippen molar-refractivity contribution in [3.63, 3.8) is 0 Å². The minimum absolute atomic E-state index is 0.222. The van der Waals surface area contributed by atoms with Gasteiger partial charge in [0, 0.05) is 22.2 Å². The third-order valence-corrected chi connectivity index (χ3v) is 6.80. The van der Waals surface area contributed by atoms with Gasteiger partial charge in [0.15, 0.2) is 5.82 Å². The van der Waals surface area contributed by atoms with Crippen LogP contribution in [0, 0.1) is 0 Å². The molecule has 3 aromatic heterocycles. The summed E-state index contributed by atoms with van der Waals surface area (Å²) in [7, 11) is 0. The predicted octanol–water partition coefficient (Wildman–Crippen LogP) is 6.24. The van der Waals surface area contributed by atoms with Gasteiger partial charge in [0.05, 0.1) is 6.61 Å². The zero-order valence-corrected chi connectivity index (χ0v) is 20.8. The zero-order valence-electron chi connectivity index (χ0n) is 19.2. The van der Waals surface area contributed by atoms with Gasteiger partial charge in [0.2, 0.25) is 4.96 Å². The van der Waals surface area contributed by atoms with Crippen LogP contribution in [0.15, 0.2) is 69.9 Å². The molecule has 0 bridgehead atoms. The first kappa shape index (κ1) is 23.3. The van der Waals surface area contributed by atoms with Crippen molar-refractivity contribution >= 4 is 34.0 Å². The molecule has 0 aliphatic rings. The summed E-state index contributed by atoms with van der Waals surface area (Å²) < 4.78 is 13.6. The van der Waals surface area contributed by atoms with Gasteiger partial charge < -0.3 is 9.15 Å². The summed E-state index contributed by atoms with van der Waals surface area (Å²) in [5, 5.41) is 5.10. The van der Waals surface area contributed by atoms with Crippen LogP contribution in [0.25, 0.3) is 33.7 Å². The molecule has 3 heterocycles. The molecule has 0 spiro atoms. The predicted molar refractivity (Wildman–Crippen MR) is 140 cm³/mol. The Hall–Kier alpha value is -3.42. The second kappa shape index (κ2) is 10.5. The summed E-state index contributed by atoms with van der Waals surface area (Å²) in [6.07, 6.45) is 6.40. The number of fused-ring (bicyclic) bond motifs is 1. The summed E-state index contributed by atoms with van der Waals surface area (Å²) in [4.78, 5) is 18.0. The molecular formula is C27H24ClN3O3S. The van der Waals surface area contributed by atoms with Gasteiger partial charge in [-0.15, -0.1) is 5.10 Å². The van der Waals surface area contributed by atoms with E-state index in [0.717, 1.165) is 23.3 Å². The zero-order chi connectivity index (χ0) is 24.2. The number of benzene rings is 2. The summed E-state index contributed by atoms with van der Waals surface area (Å²) >= 11 is 7.24. The lowest BCUT2D eigenvalue weighted by Gasteiger charge is -2.06. The quantitative estimate of drug-likeness (QED) is 0.222. The molecule has 0 radical (unpaired) electrons. The molecule has 0 saturated heterocycles. The minimum atomic E-state index is -0.222. The number of ether oxygens (including phenoxy) is 1. The highest BCUT2D eigenvalue weighted by molar-refractivity contribution is 7.15. The van der Waals surface area contributed by atoms with Crippen LogP contribution in [0.4, 0.5) is 0 Å². The maximum Gasteiger partial charge on any atom is 0.291 e. The van der Waals surface area contributed by atoms with E-state index >= 15 is 0 Å². The van der Waals surface area contributed by atoms with Crippen LogP contribution < -0.4 is 14.8 Å². The molecule has 8 heteroatoms. The maximum absolute atomic E-state index is 12.9. The van der Waals surface area contributed by atoms with E-state index in [1.807, 2.05) is 60.7 Å². The molecule has 5 rings (SSSR count). The van der Waals surface area contributed by atoms with E-state index < -0.39 is 0 Å². The molecule has 0 saturated carbocycles. The van der Waals surface area contributed by atoms with Crippen molar-refractivity contribution in [2.45, 2.75) is 32.6 Å². The van der Waals surface area contributed by atoms with Crippen LogP contribution in [0.2, 0.25) is 5.02 Å². The minimum Gasteiger partial charge on any atom is -0.494 e.